The predicted octanol–water partition coefficient (Wildman–Crippen LogP) is 4.08. The van der Waals surface area contributed by atoms with E-state index in [1.165, 1.54) is 13.8 Å². The summed E-state index contributed by atoms with van der Waals surface area (Å²) < 4.78 is 5.45. The first kappa shape index (κ1) is 22.4. The van der Waals surface area contributed by atoms with Crippen LogP contribution in [0.3, 0.4) is 0 Å². The molecule has 2 bridgehead atoms. The fraction of sp³-hybridized carbons (Fsp3) is 0.267. The normalized spacial score (nSPS) is 25.0. The third-order valence-corrected chi connectivity index (χ3v) is 7.93. The lowest BCUT2D eigenvalue weighted by molar-refractivity contribution is -0.159. The van der Waals surface area contributed by atoms with E-state index >= 15 is 0 Å². The highest BCUT2D eigenvalue weighted by molar-refractivity contribution is 6.10. The van der Waals surface area contributed by atoms with E-state index in [1.807, 2.05) is 48.5 Å². The predicted molar refractivity (Wildman–Crippen MR) is 131 cm³/mol. The number of ketones is 1. The number of rotatable bonds is 5. The van der Waals surface area contributed by atoms with Gasteiger partial charge in [-0.15, -0.1) is 0 Å². The van der Waals surface area contributed by atoms with Crippen molar-refractivity contribution in [1.29, 1.82) is 0 Å². The molecule has 4 aliphatic rings. The number of nitrogens with zero attached hydrogens (tertiary/aromatic N) is 1. The Morgan fingerprint density at radius 1 is 0.694 bits per heavy atom. The number of carbonyl (C=O) groups excluding carboxylic acids is 4. The molecule has 0 spiro atoms. The fourth-order valence-electron chi connectivity index (χ4n) is 6.35. The molecule has 1 fully saturated rings. The van der Waals surface area contributed by atoms with Gasteiger partial charge in [-0.2, -0.15) is 0 Å². The maximum absolute atomic E-state index is 13.8. The van der Waals surface area contributed by atoms with Crippen molar-refractivity contribution in [3.05, 3.63) is 107 Å². The summed E-state index contributed by atoms with van der Waals surface area (Å²) in [6, 6.07) is 23.4. The van der Waals surface area contributed by atoms with Crippen molar-refractivity contribution in [2.75, 3.05) is 0 Å². The van der Waals surface area contributed by atoms with Crippen LogP contribution in [-0.4, -0.2) is 40.6 Å². The average molecular weight is 480 g/mol. The van der Waals surface area contributed by atoms with Gasteiger partial charge in [-0.25, -0.2) is 4.79 Å². The zero-order chi connectivity index (χ0) is 25.1. The summed E-state index contributed by atoms with van der Waals surface area (Å²) in [7, 11) is 0. The first-order valence-corrected chi connectivity index (χ1v) is 12.2. The molecular formula is C30H25NO5. The monoisotopic (exact) mass is 479 g/mol. The average Bonchev–Trinajstić information content (AvgIpc) is 3.18. The molecule has 0 unspecified atom stereocenters. The van der Waals surface area contributed by atoms with Gasteiger partial charge < -0.3 is 4.74 Å². The van der Waals surface area contributed by atoms with Gasteiger partial charge in [-0.3, -0.25) is 19.3 Å². The third kappa shape index (κ3) is 3.10. The van der Waals surface area contributed by atoms with Crippen LogP contribution in [0.15, 0.2) is 78.9 Å². The zero-order valence-corrected chi connectivity index (χ0v) is 20.0. The van der Waals surface area contributed by atoms with Crippen molar-refractivity contribution in [1.82, 2.24) is 4.90 Å². The molecule has 3 aliphatic carbocycles. The number of Topliss-reactive ketones (excluding diaryl/α,β-unsaturated/α-hetero) is 1. The van der Waals surface area contributed by atoms with Crippen molar-refractivity contribution < 1.29 is 23.9 Å². The van der Waals surface area contributed by atoms with Gasteiger partial charge in [0.2, 0.25) is 17.6 Å². The number of benzene rings is 3. The van der Waals surface area contributed by atoms with Gasteiger partial charge in [0, 0.05) is 17.4 Å². The van der Waals surface area contributed by atoms with Crippen LogP contribution in [-0.2, 0) is 19.1 Å². The Balaban J connectivity index is 1.30. The highest BCUT2D eigenvalue weighted by Gasteiger charge is 2.62. The van der Waals surface area contributed by atoms with Crippen molar-refractivity contribution in [2.45, 2.75) is 37.8 Å². The molecule has 6 nitrogen and oxygen atoms in total. The Labute approximate surface area is 208 Å². The van der Waals surface area contributed by atoms with Gasteiger partial charge in [0.15, 0.2) is 6.10 Å². The van der Waals surface area contributed by atoms with Crippen molar-refractivity contribution in [3.63, 3.8) is 0 Å². The molecule has 1 saturated heterocycles. The van der Waals surface area contributed by atoms with E-state index in [0.29, 0.717) is 5.56 Å². The van der Waals surface area contributed by atoms with Gasteiger partial charge in [0.1, 0.15) is 6.04 Å². The van der Waals surface area contributed by atoms with Crippen LogP contribution in [0.1, 0.15) is 58.3 Å². The van der Waals surface area contributed by atoms with E-state index in [0.717, 1.165) is 27.2 Å². The molecule has 4 atom stereocenters. The first-order valence-electron chi connectivity index (χ1n) is 12.2. The molecule has 0 N–H and O–H groups in total. The maximum Gasteiger partial charge on any atom is 0.329 e. The molecule has 1 aliphatic heterocycles. The van der Waals surface area contributed by atoms with E-state index in [-0.39, 0.29) is 29.4 Å². The highest BCUT2D eigenvalue weighted by Crippen LogP contribution is 2.61. The van der Waals surface area contributed by atoms with E-state index < -0.39 is 30.0 Å². The summed E-state index contributed by atoms with van der Waals surface area (Å²) in [5, 5.41) is 0. The number of esters is 1. The number of hydrogen-bond donors (Lipinski definition) is 0. The van der Waals surface area contributed by atoms with E-state index in [9.17, 15) is 19.2 Å². The third-order valence-electron chi connectivity index (χ3n) is 7.93. The number of ether oxygens (including phenoxy) is 1. The van der Waals surface area contributed by atoms with Crippen LogP contribution in [0.2, 0.25) is 0 Å². The topological polar surface area (TPSA) is 80.8 Å². The summed E-state index contributed by atoms with van der Waals surface area (Å²) in [5.41, 5.74) is 4.72. The van der Waals surface area contributed by atoms with E-state index in [1.54, 1.807) is 30.3 Å². The number of imide groups is 1. The van der Waals surface area contributed by atoms with E-state index in [4.69, 9.17) is 4.74 Å². The Morgan fingerprint density at radius 2 is 1.11 bits per heavy atom. The molecule has 36 heavy (non-hydrogen) atoms. The van der Waals surface area contributed by atoms with Crippen LogP contribution in [0.5, 0.6) is 0 Å². The summed E-state index contributed by atoms with van der Waals surface area (Å²) in [5.74, 6) is -3.42. The molecule has 1 heterocycles. The Kier molecular flexibility index (Phi) is 5.14. The molecule has 3 aromatic rings. The minimum absolute atomic E-state index is 0.240. The number of hydrogen-bond acceptors (Lipinski definition) is 5. The lowest BCUT2D eigenvalue weighted by atomic mass is 9.55. The Morgan fingerprint density at radius 3 is 1.56 bits per heavy atom. The number of likely N-dealkylation sites (tertiary alicyclic amines) is 1. The van der Waals surface area contributed by atoms with Crippen LogP contribution < -0.4 is 0 Å². The quantitative estimate of drug-likeness (QED) is 0.313. The largest absolute Gasteiger partial charge is 0.453 e. The van der Waals surface area contributed by atoms with Crippen molar-refractivity contribution >= 4 is 23.6 Å². The molecule has 180 valence electrons. The summed E-state index contributed by atoms with van der Waals surface area (Å²) in [6.07, 6.45) is -1.04. The smallest absolute Gasteiger partial charge is 0.329 e. The van der Waals surface area contributed by atoms with Crippen LogP contribution in [0, 0.1) is 11.8 Å². The summed E-state index contributed by atoms with van der Waals surface area (Å²) >= 11 is 0. The Bertz CT molecular complexity index is 1300. The minimum Gasteiger partial charge on any atom is -0.453 e. The lowest BCUT2D eigenvalue weighted by Gasteiger charge is -2.45. The number of carbonyl (C=O) groups is 4. The molecule has 3 aromatic carbocycles. The van der Waals surface area contributed by atoms with Gasteiger partial charge >= 0.3 is 5.97 Å². The van der Waals surface area contributed by atoms with Crippen LogP contribution >= 0.6 is 0 Å². The Hall–Kier alpha value is -4.06. The molecular weight excluding hydrogens is 454 g/mol. The standard InChI is InChI=1S/C30H25NO5/c1-16(30(35)36-17(2)27(32)18-10-4-3-5-11-18)31-28(33)25-23-19-12-6-7-13-20(19)24(26(25)29(31)34)22-15-9-8-14-21(22)23/h3-17,23-26H,1-2H3/t16-,17-,23?,24?,25-,26-/m0/s1. The summed E-state index contributed by atoms with van der Waals surface area (Å²) in [6.45, 7) is 3.00. The van der Waals surface area contributed by atoms with Crippen molar-refractivity contribution in [2.24, 2.45) is 11.8 Å². The fourth-order valence-corrected chi connectivity index (χ4v) is 6.35. The van der Waals surface area contributed by atoms with Gasteiger partial charge in [-0.1, -0.05) is 78.9 Å². The van der Waals surface area contributed by atoms with E-state index in [2.05, 4.69) is 0 Å². The second kappa shape index (κ2) is 8.26. The second-order valence-corrected chi connectivity index (χ2v) is 9.80. The second-order valence-electron chi connectivity index (χ2n) is 9.80. The van der Waals surface area contributed by atoms with Crippen molar-refractivity contribution in [3.8, 4) is 0 Å². The molecule has 0 saturated carbocycles. The zero-order valence-electron chi connectivity index (χ0n) is 20.0. The van der Waals surface area contributed by atoms with Gasteiger partial charge in [0.25, 0.3) is 0 Å². The summed E-state index contributed by atoms with van der Waals surface area (Å²) in [4.78, 5) is 54.4. The van der Waals surface area contributed by atoms with Gasteiger partial charge in [-0.05, 0) is 36.1 Å². The molecule has 7 rings (SSSR count). The SMILES string of the molecule is C[C@H](OC(=O)[C@H](C)N1C(=O)[C@H]2C3c4ccccc4C(c4ccccc43)[C@@H]2C1=O)C(=O)c1ccccc1. The highest BCUT2D eigenvalue weighted by atomic mass is 16.5. The molecule has 0 aromatic heterocycles. The maximum atomic E-state index is 13.8. The van der Waals surface area contributed by atoms with Gasteiger partial charge in [0.05, 0.1) is 11.8 Å². The molecule has 2 amide bonds. The van der Waals surface area contributed by atoms with Crippen LogP contribution in [0.25, 0.3) is 0 Å². The minimum atomic E-state index is -1.13. The lowest BCUT2D eigenvalue weighted by Crippen LogP contribution is -2.45. The van der Waals surface area contributed by atoms with Crippen LogP contribution in [0.4, 0.5) is 0 Å². The molecule has 0 radical (unpaired) electrons. The number of amides is 2. The first-order chi connectivity index (χ1) is 17.4. The molecule has 6 heteroatoms.